The summed E-state index contributed by atoms with van der Waals surface area (Å²) >= 11 is 6.26. The first-order chi connectivity index (χ1) is 16.5. The Morgan fingerprint density at radius 1 is 1.34 bits per heavy atom. The zero-order chi connectivity index (χ0) is 25.8. The van der Waals surface area contributed by atoms with Crippen molar-refractivity contribution in [2.45, 2.75) is 52.7 Å². The first kappa shape index (κ1) is 25.8. The fourth-order valence-electron chi connectivity index (χ4n) is 3.41. The van der Waals surface area contributed by atoms with E-state index in [0.29, 0.717) is 54.4 Å². The van der Waals surface area contributed by atoms with Gasteiger partial charge in [-0.1, -0.05) is 17.7 Å². The first-order valence-corrected chi connectivity index (χ1v) is 11.5. The minimum Gasteiger partial charge on any atom is -0.444 e. The number of fused-ring (bicyclic) bond motifs is 1. The maximum Gasteiger partial charge on any atom is 0.407 e. The maximum absolute atomic E-state index is 12.8. The molecule has 3 rings (SSSR count). The third-order valence-electron chi connectivity index (χ3n) is 5.05. The topological polar surface area (TPSA) is 152 Å². The fourth-order valence-corrected chi connectivity index (χ4v) is 3.57. The average Bonchev–Trinajstić information content (AvgIpc) is 3.06. The number of rotatable bonds is 8. The van der Waals surface area contributed by atoms with Gasteiger partial charge in [0.2, 0.25) is 0 Å². The molecule has 0 saturated heterocycles. The molecule has 0 spiro atoms. The van der Waals surface area contributed by atoms with E-state index in [-0.39, 0.29) is 22.8 Å². The van der Waals surface area contributed by atoms with Gasteiger partial charge in [-0.2, -0.15) is 14.9 Å². The lowest BCUT2D eigenvalue weighted by Gasteiger charge is -2.19. The third kappa shape index (κ3) is 6.22. The molecular weight excluding hydrogens is 472 g/mol. The monoisotopic (exact) mass is 500 g/mol. The van der Waals surface area contributed by atoms with E-state index in [1.54, 1.807) is 50.6 Å². The van der Waals surface area contributed by atoms with Gasteiger partial charge in [0.15, 0.2) is 5.65 Å². The molecule has 0 aliphatic rings. The number of nitrogens with two attached hydrogens (primary N) is 1. The lowest BCUT2D eigenvalue weighted by Crippen LogP contribution is -2.33. The minimum atomic E-state index is -0.561. The Bertz CT molecular complexity index is 1330. The van der Waals surface area contributed by atoms with Crippen molar-refractivity contribution in [3.63, 3.8) is 0 Å². The van der Waals surface area contributed by atoms with E-state index >= 15 is 0 Å². The van der Waals surface area contributed by atoms with Crippen molar-refractivity contribution in [2.24, 2.45) is 0 Å². The molecular formula is C23H29ClN8O3. The van der Waals surface area contributed by atoms with Crippen LogP contribution >= 0.6 is 11.6 Å². The summed E-state index contributed by atoms with van der Waals surface area (Å²) in [6.45, 7) is 8.30. The number of pyridine rings is 1. The molecule has 3 aromatic heterocycles. The molecule has 3 aromatic rings. The normalized spacial score (nSPS) is 11.3. The van der Waals surface area contributed by atoms with Gasteiger partial charge in [-0.3, -0.25) is 4.79 Å². The Morgan fingerprint density at radius 3 is 2.77 bits per heavy atom. The second-order valence-corrected chi connectivity index (χ2v) is 9.34. The van der Waals surface area contributed by atoms with E-state index in [0.717, 1.165) is 0 Å². The van der Waals surface area contributed by atoms with Crippen LogP contribution in [-0.2, 0) is 17.7 Å². The molecule has 11 nitrogen and oxygen atoms in total. The van der Waals surface area contributed by atoms with Gasteiger partial charge in [0.25, 0.3) is 5.56 Å². The number of hydrogen-bond acceptors (Lipinski definition) is 8. The van der Waals surface area contributed by atoms with Crippen LogP contribution in [0.1, 0.15) is 44.0 Å². The fraction of sp³-hybridized carbons (Fsp3) is 0.435. The number of amides is 1. The predicted molar refractivity (Wildman–Crippen MR) is 134 cm³/mol. The Balaban J connectivity index is 1.61. The van der Waals surface area contributed by atoms with Gasteiger partial charge in [0.05, 0.1) is 5.69 Å². The highest BCUT2D eigenvalue weighted by Gasteiger charge is 2.18. The minimum absolute atomic E-state index is 0.121. The average molecular weight is 501 g/mol. The molecule has 0 aromatic carbocycles. The molecule has 0 aliphatic carbocycles. The van der Waals surface area contributed by atoms with E-state index in [9.17, 15) is 14.9 Å². The number of nitrogens with zero attached hydrogens (tertiary/aromatic N) is 5. The molecule has 0 radical (unpaired) electrons. The summed E-state index contributed by atoms with van der Waals surface area (Å²) in [6, 6.07) is 5.60. The van der Waals surface area contributed by atoms with E-state index in [2.05, 4.69) is 20.7 Å². The number of nitrogens with one attached hydrogen (secondary N) is 2. The van der Waals surface area contributed by atoms with Gasteiger partial charge in [0.1, 0.15) is 33.9 Å². The molecule has 0 saturated carbocycles. The van der Waals surface area contributed by atoms with Gasteiger partial charge in [-0.15, -0.1) is 0 Å². The lowest BCUT2D eigenvalue weighted by atomic mass is 10.2. The zero-order valence-corrected chi connectivity index (χ0v) is 20.9. The molecule has 0 atom stereocenters. The molecule has 0 aliphatic heterocycles. The first-order valence-electron chi connectivity index (χ1n) is 11.1. The molecule has 0 fully saturated rings. The number of nitriles is 1. The van der Waals surface area contributed by atoms with Crippen LogP contribution in [0, 0.1) is 18.3 Å². The highest BCUT2D eigenvalue weighted by molar-refractivity contribution is 6.34. The number of aryl methyl sites for hydroxylation is 2. The van der Waals surface area contributed by atoms with Crippen molar-refractivity contribution in [2.75, 3.05) is 24.1 Å². The predicted octanol–water partition coefficient (Wildman–Crippen LogP) is 2.88. The van der Waals surface area contributed by atoms with Crippen LogP contribution in [0.2, 0.25) is 5.02 Å². The van der Waals surface area contributed by atoms with Crippen LogP contribution in [0.3, 0.4) is 0 Å². The molecule has 35 heavy (non-hydrogen) atoms. The smallest absolute Gasteiger partial charge is 0.407 e. The van der Waals surface area contributed by atoms with Crippen molar-refractivity contribution in [1.29, 1.82) is 5.26 Å². The summed E-state index contributed by atoms with van der Waals surface area (Å²) in [5.74, 6) is 0.417. The van der Waals surface area contributed by atoms with Crippen molar-refractivity contribution >= 4 is 35.0 Å². The molecule has 0 unspecified atom stereocenters. The number of hydrogen-bond donors (Lipinski definition) is 3. The number of halogens is 1. The van der Waals surface area contributed by atoms with Crippen LogP contribution in [0.5, 0.6) is 0 Å². The van der Waals surface area contributed by atoms with Gasteiger partial charge >= 0.3 is 6.09 Å². The Morgan fingerprint density at radius 2 is 2.09 bits per heavy atom. The third-order valence-corrected chi connectivity index (χ3v) is 5.49. The maximum atomic E-state index is 12.8. The molecule has 4 N–H and O–H groups in total. The standard InChI is InChI=1S/C23H29ClN8O3/c1-14-17(24)20-29-19(16(13-25)18(26)32(20)30-14)27-10-8-15-7-5-11-31(21(15)33)12-6-9-28-22(34)35-23(2,3)4/h5,7,11H,6,8-10,12,26H2,1-4H3,(H,27,29)(H,28,34). The summed E-state index contributed by atoms with van der Waals surface area (Å²) in [7, 11) is 0. The number of aromatic nitrogens is 4. The number of carbonyl (C=O) groups excluding carboxylic acids is 1. The molecule has 12 heteroatoms. The van der Waals surface area contributed by atoms with Crippen LogP contribution in [0.4, 0.5) is 16.4 Å². The summed E-state index contributed by atoms with van der Waals surface area (Å²) in [4.78, 5) is 29.0. The van der Waals surface area contributed by atoms with Crippen LogP contribution in [0.25, 0.3) is 5.65 Å². The van der Waals surface area contributed by atoms with Gasteiger partial charge in [-0.05, 0) is 46.6 Å². The van der Waals surface area contributed by atoms with Gasteiger partial charge in [-0.25, -0.2) is 9.78 Å². The van der Waals surface area contributed by atoms with Crippen molar-refractivity contribution in [3.8, 4) is 6.07 Å². The van der Waals surface area contributed by atoms with Crippen LogP contribution in [0.15, 0.2) is 23.1 Å². The number of alkyl carbamates (subject to hydrolysis) is 1. The van der Waals surface area contributed by atoms with E-state index in [1.165, 1.54) is 4.52 Å². The van der Waals surface area contributed by atoms with E-state index in [4.69, 9.17) is 22.1 Å². The number of nitrogen functional groups attached to an aromatic ring is 1. The quantitative estimate of drug-likeness (QED) is 0.399. The second kappa shape index (κ2) is 10.7. The lowest BCUT2D eigenvalue weighted by molar-refractivity contribution is 0.0526. The molecule has 186 valence electrons. The van der Waals surface area contributed by atoms with Gasteiger partial charge < -0.3 is 25.7 Å². The molecule has 1 amide bonds. The summed E-state index contributed by atoms with van der Waals surface area (Å²) in [5, 5.41) is 19.9. The SMILES string of the molecule is Cc1nn2c(N)c(C#N)c(NCCc3cccn(CCCNC(=O)OC(C)(C)C)c3=O)nc2c1Cl. The van der Waals surface area contributed by atoms with E-state index < -0.39 is 11.7 Å². The summed E-state index contributed by atoms with van der Waals surface area (Å²) in [5.41, 5.74) is 7.08. The Kier molecular flexibility index (Phi) is 7.86. The van der Waals surface area contributed by atoms with Crippen LogP contribution < -0.4 is 21.9 Å². The van der Waals surface area contributed by atoms with E-state index in [1.807, 2.05) is 6.07 Å². The summed E-state index contributed by atoms with van der Waals surface area (Å²) in [6.07, 6.45) is 2.20. The number of ether oxygens (including phenoxy) is 1. The largest absolute Gasteiger partial charge is 0.444 e. The van der Waals surface area contributed by atoms with Crippen molar-refractivity contribution < 1.29 is 9.53 Å². The second-order valence-electron chi connectivity index (χ2n) is 8.96. The Labute approximate surface area is 207 Å². The Hall–Kier alpha value is -3.78. The van der Waals surface area contributed by atoms with Crippen molar-refractivity contribution in [3.05, 3.63) is 50.5 Å². The molecule has 3 heterocycles. The zero-order valence-electron chi connectivity index (χ0n) is 20.2. The van der Waals surface area contributed by atoms with Gasteiger partial charge in [0, 0.05) is 31.4 Å². The molecule has 0 bridgehead atoms. The summed E-state index contributed by atoms with van der Waals surface area (Å²) < 4.78 is 8.14. The number of carbonyl (C=O) groups is 1. The highest BCUT2D eigenvalue weighted by Crippen LogP contribution is 2.27. The highest BCUT2D eigenvalue weighted by atomic mass is 35.5. The van der Waals surface area contributed by atoms with Crippen LogP contribution in [-0.4, -0.2) is 43.9 Å². The van der Waals surface area contributed by atoms with Crippen molar-refractivity contribution in [1.82, 2.24) is 24.5 Å². The number of anilines is 2.